The number of hydrogen-bond acceptors (Lipinski definition) is 4. The van der Waals surface area contributed by atoms with Crippen LogP contribution in [0.3, 0.4) is 0 Å². The first-order chi connectivity index (χ1) is 16.0. The van der Waals surface area contributed by atoms with Gasteiger partial charge in [-0.3, -0.25) is 14.6 Å². The fourth-order valence-electron chi connectivity index (χ4n) is 4.21. The molecule has 3 aromatic carbocycles. The Morgan fingerprint density at radius 1 is 0.909 bits per heavy atom. The van der Waals surface area contributed by atoms with Crippen LogP contribution in [0.4, 0.5) is 4.39 Å². The van der Waals surface area contributed by atoms with Crippen molar-refractivity contribution in [2.24, 2.45) is 0 Å². The number of aliphatic hydroxyl groups excluding tert-OH is 1. The SMILES string of the molecule is O=C1C(=O)N(Cc2ccncc2)C(c2ccc(F)cc2)/C1=C(/O)c1ccc2ccccc2c1. The van der Waals surface area contributed by atoms with E-state index >= 15 is 0 Å². The van der Waals surface area contributed by atoms with Gasteiger partial charge in [0.25, 0.3) is 11.7 Å². The van der Waals surface area contributed by atoms with Gasteiger partial charge in [-0.05, 0) is 52.2 Å². The number of fused-ring (bicyclic) bond motifs is 1. The van der Waals surface area contributed by atoms with E-state index in [1.54, 1.807) is 36.7 Å². The van der Waals surface area contributed by atoms with Gasteiger partial charge in [0.2, 0.25) is 0 Å². The molecule has 0 aliphatic carbocycles. The Balaban J connectivity index is 1.66. The molecule has 1 atom stereocenters. The van der Waals surface area contributed by atoms with Gasteiger partial charge in [0.05, 0.1) is 11.6 Å². The van der Waals surface area contributed by atoms with Crippen molar-refractivity contribution in [1.29, 1.82) is 0 Å². The van der Waals surface area contributed by atoms with E-state index < -0.39 is 23.5 Å². The summed E-state index contributed by atoms with van der Waals surface area (Å²) < 4.78 is 13.6. The van der Waals surface area contributed by atoms with Crippen molar-refractivity contribution < 1.29 is 19.1 Å². The van der Waals surface area contributed by atoms with E-state index in [1.165, 1.54) is 29.2 Å². The van der Waals surface area contributed by atoms with Gasteiger partial charge in [-0.2, -0.15) is 0 Å². The van der Waals surface area contributed by atoms with Gasteiger partial charge in [-0.25, -0.2) is 4.39 Å². The van der Waals surface area contributed by atoms with Crippen LogP contribution in [-0.2, 0) is 16.1 Å². The zero-order valence-electron chi connectivity index (χ0n) is 17.5. The van der Waals surface area contributed by atoms with Crippen LogP contribution in [-0.4, -0.2) is 26.7 Å². The number of pyridine rings is 1. The molecule has 5 rings (SSSR count). The smallest absolute Gasteiger partial charge is 0.295 e. The molecule has 2 heterocycles. The number of amides is 1. The Hall–Kier alpha value is -4.32. The van der Waals surface area contributed by atoms with Crippen molar-refractivity contribution in [3.05, 3.63) is 119 Å². The van der Waals surface area contributed by atoms with Gasteiger partial charge in [0.1, 0.15) is 11.6 Å². The predicted octanol–water partition coefficient (Wildman–Crippen LogP) is 5.00. The average molecular weight is 438 g/mol. The van der Waals surface area contributed by atoms with Crippen LogP contribution in [0.25, 0.3) is 16.5 Å². The van der Waals surface area contributed by atoms with Crippen LogP contribution >= 0.6 is 0 Å². The lowest BCUT2D eigenvalue weighted by molar-refractivity contribution is -0.140. The molecule has 1 saturated heterocycles. The predicted molar refractivity (Wildman–Crippen MR) is 122 cm³/mol. The van der Waals surface area contributed by atoms with E-state index in [9.17, 15) is 19.1 Å². The topological polar surface area (TPSA) is 70.5 Å². The molecule has 1 N–H and O–H groups in total. The summed E-state index contributed by atoms with van der Waals surface area (Å²) in [6, 6.07) is 21.3. The van der Waals surface area contributed by atoms with E-state index in [0.29, 0.717) is 11.1 Å². The van der Waals surface area contributed by atoms with E-state index in [1.807, 2.05) is 30.3 Å². The third-order valence-electron chi connectivity index (χ3n) is 5.85. The minimum atomic E-state index is -0.856. The molecule has 33 heavy (non-hydrogen) atoms. The molecule has 4 aromatic rings. The van der Waals surface area contributed by atoms with E-state index in [0.717, 1.165) is 16.3 Å². The number of nitrogens with zero attached hydrogens (tertiary/aromatic N) is 2. The van der Waals surface area contributed by atoms with Gasteiger partial charge in [-0.1, -0.05) is 48.5 Å². The van der Waals surface area contributed by atoms with Gasteiger partial charge >= 0.3 is 0 Å². The van der Waals surface area contributed by atoms with Gasteiger partial charge in [-0.15, -0.1) is 0 Å². The highest BCUT2D eigenvalue weighted by atomic mass is 19.1. The Morgan fingerprint density at radius 3 is 2.33 bits per heavy atom. The Kier molecular flexibility index (Phi) is 5.18. The Bertz CT molecular complexity index is 1400. The molecule has 6 heteroatoms. The number of halogens is 1. The van der Waals surface area contributed by atoms with Crippen molar-refractivity contribution >= 4 is 28.2 Å². The monoisotopic (exact) mass is 438 g/mol. The summed E-state index contributed by atoms with van der Waals surface area (Å²) in [5.41, 5.74) is 1.73. The normalized spacial score (nSPS) is 17.6. The van der Waals surface area contributed by atoms with E-state index in [4.69, 9.17) is 0 Å². The lowest BCUT2D eigenvalue weighted by atomic mass is 9.94. The zero-order valence-corrected chi connectivity index (χ0v) is 17.5. The molecular formula is C27H19FN2O3. The van der Waals surface area contributed by atoms with Crippen LogP contribution < -0.4 is 0 Å². The van der Waals surface area contributed by atoms with Crippen LogP contribution in [0.1, 0.15) is 22.7 Å². The number of aliphatic hydroxyl groups is 1. The summed E-state index contributed by atoms with van der Waals surface area (Å²) in [6.45, 7) is 0.142. The third-order valence-corrected chi connectivity index (χ3v) is 5.85. The van der Waals surface area contributed by atoms with Crippen LogP contribution in [0.2, 0.25) is 0 Å². The maximum Gasteiger partial charge on any atom is 0.295 e. The summed E-state index contributed by atoms with van der Waals surface area (Å²) in [5.74, 6) is -2.18. The number of ketones is 1. The molecule has 1 unspecified atom stereocenters. The standard InChI is InChI=1S/C27H19FN2O3/c28-22-9-7-19(8-10-22)24-23(25(31)21-6-5-18-3-1-2-4-20(18)15-21)26(32)27(33)30(24)16-17-11-13-29-14-12-17/h1-15,24,31H,16H2/b25-23-. The molecule has 0 radical (unpaired) electrons. The molecule has 5 nitrogen and oxygen atoms in total. The average Bonchev–Trinajstić information content (AvgIpc) is 3.09. The lowest BCUT2D eigenvalue weighted by Gasteiger charge is -2.25. The number of carbonyl (C=O) groups is 2. The number of benzene rings is 3. The summed E-state index contributed by atoms with van der Waals surface area (Å²) in [4.78, 5) is 31.6. The van der Waals surface area contributed by atoms with Crippen LogP contribution in [0.5, 0.6) is 0 Å². The third kappa shape index (κ3) is 3.76. The van der Waals surface area contributed by atoms with Crippen molar-refractivity contribution in [2.45, 2.75) is 12.6 Å². The highest BCUT2D eigenvalue weighted by Crippen LogP contribution is 2.40. The number of hydrogen-bond donors (Lipinski definition) is 1. The second-order valence-corrected chi connectivity index (χ2v) is 7.90. The first-order valence-corrected chi connectivity index (χ1v) is 10.4. The summed E-state index contributed by atoms with van der Waals surface area (Å²) in [6.07, 6.45) is 3.21. The molecule has 1 aliphatic heterocycles. The van der Waals surface area contributed by atoms with E-state index in [2.05, 4.69) is 4.98 Å². The first-order valence-electron chi connectivity index (χ1n) is 10.4. The molecular weight excluding hydrogens is 419 g/mol. The maximum atomic E-state index is 13.6. The Morgan fingerprint density at radius 2 is 1.61 bits per heavy atom. The fraction of sp³-hybridized carbons (Fsp3) is 0.0741. The van der Waals surface area contributed by atoms with Crippen molar-refractivity contribution in [2.75, 3.05) is 0 Å². The second-order valence-electron chi connectivity index (χ2n) is 7.90. The Labute approximate surface area is 189 Å². The summed E-state index contributed by atoms with van der Waals surface area (Å²) in [7, 11) is 0. The molecule has 1 aromatic heterocycles. The number of aromatic nitrogens is 1. The van der Waals surface area contributed by atoms with Crippen LogP contribution in [0, 0.1) is 5.82 Å². The summed E-state index contributed by atoms with van der Waals surface area (Å²) >= 11 is 0. The molecule has 0 saturated carbocycles. The zero-order chi connectivity index (χ0) is 22.9. The highest BCUT2D eigenvalue weighted by Gasteiger charge is 2.46. The number of Topliss-reactive ketones (excluding diaryl/α,β-unsaturated/α-hetero) is 1. The quantitative estimate of drug-likeness (QED) is 0.277. The van der Waals surface area contributed by atoms with Crippen molar-refractivity contribution in [3.8, 4) is 0 Å². The van der Waals surface area contributed by atoms with Crippen LogP contribution in [0.15, 0.2) is 96.8 Å². The second kappa shape index (κ2) is 8.31. The number of rotatable bonds is 4. The molecule has 0 spiro atoms. The highest BCUT2D eigenvalue weighted by molar-refractivity contribution is 6.46. The van der Waals surface area contributed by atoms with Crippen molar-refractivity contribution in [3.63, 3.8) is 0 Å². The number of likely N-dealkylation sites (tertiary alicyclic amines) is 1. The molecule has 1 aliphatic rings. The van der Waals surface area contributed by atoms with Crippen molar-refractivity contribution in [1.82, 2.24) is 9.88 Å². The summed E-state index contributed by atoms with van der Waals surface area (Å²) in [5, 5.41) is 13.1. The van der Waals surface area contributed by atoms with Gasteiger partial charge < -0.3 is 10.0 Å². The minimum Gasteiger partial charge on any atom is -0.507 e. The number of carbonyl (C=O) groups excluding carboxylic acids is 2. The van der Waals surface area contributed by atoms with Gasteiger partial charge in [0.15, 0.2) is 0 Å². The lowest BCUT2D eigenvalue weighted by Crippen LogP contribution is -2.29. The molecule has 0 bridgehead atoms. The minimum absolute atomic E-state index is 0.0176. The van der Waals surface area contributed by atoms with E-state index in [-0.39, 0.29) is 17.9 Å². The maximum absolute atomic E-state index is 13.6. The largest absolute Gasteiger partial charge is 0.507 e. The van der Waals surface area contributed by atoms with Gasteiger partial charge in [0, 0.05) is 24.5 Å². The molecule has 1 fully saturated rings. The molecule has 1 amide bonds. The fourth-order valence-corrected chi connectivity index (χ4v) is 4.21. The molecule has 162 valence electrons. The first kappa shape index (κ1) is 20.6.